The lowest BCUT2D eigenvalue weighted by atomic mass is 10.1. The molecule has 0 saturated heterocycles. The Hall–Kier alpha value is -2.20. The van der Waals surface area contributed by atoms with Gasteiger partial charge in [0, 0.05) is 18.2 Å². The molecule has 4 heteroatoms. The van der Waals surface area contributed by atoms with Crippen molar-refractivity contribution in [2.75, 3.05) is 20.3 Å². The van der Waals surface area contributed by atoms with Gasteiger partial charge in [-0.1, -0.05) is 12.1 Å². The molecular formula is C18H23NO3. The molecule has 0 aliphatic rings. The molecule has 2 aromatic carbocycles. The molecule has 0 unspecified atom stereocenters. The summed E-state index contributed by atoms with van der Waals surface area (Å²) in [5.41, 5.74) is 9.14. The lowest BCUT2D eigenvalue weighted by Gasteiger charge is -2.13. The SMILES string of the molecule is COc1ccc(CN)c(OCCOc2ccc(C)c(C)c2)c1. The Labute approximate surface area is 131 Å². The van der Waals surface area contributed by atoms with Gasteiger partial charge < -0.3 is 19.9 Å². The van der Waals surface area contributed by atoms with Crippen LogP contribution in [0.3, 0.4) is 0 Å². The van der Waals surface area contributed by atoms with Crippen LogP contribution in [0.4, 0.5) is 0 Å². The molecule has 0 aliphatic carbocycles. The third-order valence-corrected chi connectivity index (χ3v) is 3.58. The molecule has 2 aromatic rings. The number of benzene rings is 2. The Morgan fingerprint density at radius 1 is 0.864 bits per heavy atom. The Morgan fingerprint density at radius 2 is 1.59 bits per heavy atom. The van der Waals surface area contributed by atoms with E-state index in [4.69, 9.17) is 19.9 Å². The van der Waals surface area contributed by atoms with Crippen molar-refractivity contribution in [1.29, 1.82) is 0 Å². The molecule has 0 atom stereocenters. The van der Waals surface area contributed by atoms with Crippen molar-refractivity contribution in [1.82, 2.24) is 0 Å². The first-order valence-electron chi connectivity index (χ1n) is 7.34. The summed E-state index contributed by atoms with van der Waals surface area (Å²) in [4.78, 5) is 0. The summed E-state index contributed by atoms with van der Waals surface area (Å²) in [5, 5.41) is 0. The highest BCUT2D eigenvalue weighted by Gasteiger charge is 2.05. The second kappa shape index (κ2) is 7.71. The Morgan fingerprint density at radius 3 is 2.27 bits per heavy atom. The third kappa shape index (κ3) is 4.15. The first-order chi connectivity index (χ1) is 10.6. The van der Waals surface area contributed by atoms with Crippen molar-refractivity contribution < 1.29 is 14.2 Å². The van der Waals surface area contributed by atoms with Gasteiger partial charge in [0.1, 0.15) is 30.5 Å². The molecule has 0 aromatic heterocycles. The molecular weight excluding hydrogens is 278 g/mol. The summed E-state index contributed by atoms with van der Waals surface area (Å²) in [6.45, 7) is 5.51. The Balaban J connectivity index is 1.89. The molecule has 0 aliphatic heterocycles. The number of hydrogen-bond donors (Lipinski definition) is 1. The van der Waals surface area contributed by atoms with Gasteiger partial charge in [0.05, 0.1) is 7.11 Å². The molecule has 0 spiro atoms. The van der Waals surface area contributed by atoms with Crippen LogP contribution in [-0.2, 0) is 6.54 Å². The number of rotatable bonds is 7. The minimum atomic E-state index is 0.428. The normalized spacial score (nSPS) is 10.4. The summed E-state index contributed by atoms with van der Waals surface area (Å²) in [5.74, 6) is 2.35. The van der Waals surface area contributed by atoms with E-state index >= 15 is 0 Å². The summed E-state index contributed by atoms with van der Waals surface area (Å²) in [6.07, 6.45) is 0. The molecule has 22 heavy (non-hydrogen) atoms. The van der Waals surface area contributed by atoms with E-state index in [0.717, 1.165) is 22.8 Å². The van der Waals surface area contributed by atoms with Gasteiger partial charge in [0.2, 0.25) is 0 Å². The first-order valence-corrected chi connectivity index (χ1v) is 7.34. The third-order valence-electron chi connectivity index (χ3n) is 3.58. The molecule has 2 N–H and O–H groups in total. The lowest BCUT2D eigenvalue weighted by Crippen LogP contribution is -2.11. The summed E-state index contributed by atoms with van der Waals surface area (Å²) in [7, 11) is 1.63. The molecule has 0 fully saturated rings. The smallest absolute Gasteiger partial charge is 0.127 e. The highest BCUT2D eigenvalue weighted by molar-refractivity contribution is 5.40. The van der Waals surface area contributed by atoms with E-state index in [-0.39, 0.29) is 0 Å². The van der Waals surface area contributed by atoms with E-state index in [1.807, 2.05) is 30.3 Å². The van der Waals surface area contributed by atoms with Gasteiger partial charge in [0.25, 0.3) is 0 Å². The minimum Gasteiger partial charge on any atom is -0.497 e. The van der Waals surface area contributed by atoms with Gasteiger partial charge in [-0.2, -0.15) is 0 Å². The van der Waals surface area contributed by atoms with Crippen LogP contribution >= 0.6 is 0 Å². The topological polar surface area (TPSA) is 53.7 Å². The molecule has 0 bridgehead atoms. The van der Waals surface area contributed by atoms with Gasteiger partial charge in [-0.05, 0) is 43.2 Å². The Bertz CT molecular complexity index is 626. The average Bonchev–Trinajstić information content (AvgIpc) is 2.54. The Kier molecular flexibility index (Phi) is 5.67. The summed E-state index contributed by atoms with van der Waals surface area (Å²) >= 11 is 0. The number of nitrogens with two attached hydrogens (primary N) is 1. The highest BCUT2D eigenvalue weighted by Crippen LogP contribution is 2.24. The summed E-state index contributed by atoms with van der Waals surface area (Å²) in [6, 6.07) is 11.7. The number of ether oxygens (including phenoxy) is 3. The van der Waals surface area contributed by atoms with Gasteiger partial charge >= 0.3 is 0 Å². The number of aryl methyl sites for hydroxylation is 2. The van der Waals surface area contributed by atoms with E-state index in [1.54, 1.807) is 7.11 Å². The van der Waals surface area contributed by atoms with Crippen LogP contribution in [0.15, 0.2) is 36.4 Å². The van der Waals surface area contributed by atoms with E-state index in [0.29, 0.717) is 19.8 Å². The van der Waals surface area contributed by atoms with Crippen LogP contribution in [0.25, 0.3) is 0 Å². The second-order valence-corrected chi connectivity index (χ2v) is 5.12. The lowest BCUT2D eigenvalue weighted by molar-refractivity contribution is 0.215. The van der Waals surface area contributed by atoms with Crippen LogP contribution < -0.4 is 19.9 Å². The van der Waals surface area contributed by atoms with Crippen LogP contribution in [0.2, 0.25) is 0 Å². The monoisotopic (exact) mass is 301 g/mol. The van der Waals surface area contributed by atoms with Crippen LogP contribution in [-0.4, -0.2) is 20.3 Å². The van der Waals surface area contributed by atoms with E-state index in [1.165, 1.54) is 11.1 Å². The minimum absolute atomic E-state index is 0.428. The van der Waals surface area contributed by atoms with Crippen molar-refractivity contribution in [2.24, 2.45) is 5.73 Å². The van der Waals surface area contributed by atoms with Crippen molar-refractivity contribution in [2.45, 2.75) is 20.4 Å². The van der Waals surface area contributed by atoms with Crippen molar-refractivity contribution in [3.8, 4) is 17.2 Å². The maximum Gasteiger partial charge on any atom is 0.127 e. The molecule has 0 saturated carbocycles. The zero-order chi connectivity index (χ0) is 15.9. The fraction of sp³-hybridized carbons (Fsp3) is 0.333. The molecule has 0 heterocycles. The summed E-state index contributed by atoms with van der Waals surface area (Å²) < 4.78 is 16.7. The number of methoxy groups -OCH3 is 1. The first kappa shape index (κ1) is 16.2. The standard InChI is InChI=1S/C18H23NO3/c1-13-4-6-17(10-14(13)2)21-8-9-22-18-11-16(20-3)7-5-15(18)12-19/h4-7,10-11H,8-9,12,19H2,1-3H3. The second-order valence-electron chi connectivity index (χ2n) is 5.12. The van der Waals surface area contributed by atoms with Crippen LogP contribution in [0.5, 0.6) is 17.2 Å². The van der Waals surface area contributed by atoms with Gasteiger partial charge in [-0.3, -0.25) is 0 Å². The van der Waals surface area contributed by atoms with Crippen molar-refractivity contribution in [3.05, 3.63) is 53.1 Å². The van der Waals surface area contributed by atoms with Crippen LogP contribution in [0, 0.1) is 13.8 Å². The zero-order valence-electron chi connectivity index (χ0n) is 13.4. The molecule has 4 nitrogen and oxygen atoms in total. The van der Waals surface area contributed by atoms with Gasteiger partial charge in [-0.15, -0.1) is 0 Å². The maximum absolute atomic E-state index is 5.76. The predicted octanol–water partition coefficient (Wildman–Crippen LogP) is 3.23. The van der Waals surface area contributed by atoms with Crippen molar-refractivity contribution in [3.63, 3.8) is 0 Å². The quantitative estimate of drug-likeness (QED) is 0.798. The average molecular weight is 301 g/mol. The highest BCUT2D eigenvalue weighted by atomic mass is 16.5. The fourth-order valence-electron chi connectivity index (χ4n) is 2.08. The largest absolute Gasteiger partial charge is 0.497 e. The molecule has 0 radical (unpaired) electrons. The van der Waals surface area contributed by atoms with Gasteiger partial charge in [0.15, 0.2) is 0 Å². The van der Waals surface area contributed by atoms with Gasteiger partial charge in [-0.25, -0.2) is 0 Å². The van der Waals surface area contributed by atoms with Crippen LogP contribution in [0.1, 0.15) is 16.7 Å². The zero-order valence-corrected chi connectivity index (χ0v) is 13.4. The maximum atomic E-state index is 5.76. The van der Waals surface area contributed by atoms with E-state index in [2.05, 4.69) is 19.9 Å². The van der Waals surface area contributed by atoms with E-state index < -0.39 is 0 Å². The molecule has 2 rings (SSSR count). The fourth-order valence-corrected chi connectivity index (χ4v) is 2.08. The van der Waals surface area contributed by atoms with E-state index in [9.17, 15) is 0 Å². The number of hydrogen-bond acceptors (Lipinski definition) is 4. The molecule has 0 amide bonds. The predicted molar refractivity (Wildman–Crippen MR) is 87.8 cm³/mol. The van der Waals surface area contributed by atoms with Crippen molar-refractivity contribution >= 4 is 0 Å². The molecule has 118 valence electrons.